The van der Waals surface area contributed by atoms with Crippen molar-refractivity contribution < 1.29 is 29.0 Å². The van der Waals surface area contributed by atoms with Crippen molar-refractivity contribution in [1.82, 2.24) is 0 Å². The van der Waals surface area contributed by atoms with Crippen LogP contribution >= 0.6 is 0 Å². The molecule has 1 aromatic rings. The van der Waals surface area contributed by atoms with Crippen LogP contribution < -0.4 is 0 Å². The highest BCUT2D eigenvalue weighted by Crippen LogP contribution is 2.34. The normalized spacial score (nSPS) is 19.4. The zero-order chi connectivity index (χ0) is 21.8. The first-order chi connectivity index (χ1) is 13.5. The Bertz CT molecular complexity index is 848. The molecule has 0 aromatic heterocycles. The molecule has 2 rings (SSSR count). The van der Waals surface area contributed by atoms with Crippen molar-refractivity contribution in [2.75, 3.05) is 6.79 Å². The molecule has 0 fully saturated rings. The van der Waals surface area contributed by atoms with Crippen molar-refractivity contribution in [3.05, 3.63) is 47.2 Å². The van der Waals surface area contributed by atoms with Gasteiger partial charge in [-0.15, -0.1) is 0 Å². The molecule has 0 bridgehead atoms. The predicted molar refractivity (Wildman–Crippen MR) is 107 cm³/mol. The molecule has 7 heteroatoms. The Hall–Kier alpha value is -2.96. The van der Waals surface area contributed by atoms with Crippen LogP contribution in [0.1, 0.15) is 40.2 Å². The molecule has 0 saturated heterocycles. The Labute approximate surface area is 170 Å². The number of rotatable bonds is 6. The molecule has 0 amide bonds. The number of carboxylic acids is 1. The number of ether oxygens (including phenoxy) is 2. The molecule has 29 heavy (non-hydrogen) atoms. The summed E-state index contributed by atoms with van der Waals surface area (Å²) in [5.74, 6) is -3.87. The quantitative estimate of drug-likeness (QED) is 0.579. The van der Waals surface area contributed by atoms with E-state index in [0.717, 1.165) is 5.56 Å². The number of benzene rings is 1. The summed E-state index contributed by atoms with van der Waals surface area (Å²) >= 11 is 0. The van der Waals surface area contributed by atoms with E-state index in [-0.39, 0.29) is 5.57 Å². The van der Waals surface area contributed by atoms with E-state index in [1.165, 1.54) is 0 Å². The molecule has 0 aliphatic carbocycles. The minimum absolute atomic E-state index is 0.193. The highest BCUT2D eigenvalue weighted by atomic mass is 16.7. The SMILES string of the molecule is CC1=NC(C)=C(C(=O)OCOC(=O)C(C)(C)C)C(Cc2ccccc2)C1C(=O)O. The third kappa shape index (κ3) is 5.53. The lowest BCUT2D eigenvalue weighted by Gasteiger charge is -2.30. The number of aliphatic carboxylic acids is 1. The maximum atomic E-state index is 12.8. The maximum absolute atomic E-state index is 12.8. The van der Waals surface area contributed by atoms with Crippen molar-refractivity contribution in [2.24, 2.45) is 22.2 Å². The molecule has 0 saturated carbocycles. The molecule has 1 heterocycles. The first kappa shape index (κ1) is 22.3. The molecule has 1 aromatic carbocycles. The van der Waals surface area contributed by atoms with Crippen LogP contribution in [0.4, 0.5) is 0 Å². The predicted octanol–water partition coefficient (Wildman–Crippen LogP) is 3.38. The van der Waals surface area contributed by atoms with Gasteiger partial charge in [0.15, 0.2) is 0 Å². The molecule has 2 unspecified atom stereocenters. The second-order valence-corrected chi connectivity index (χ2v) is 8.10. The fraction of sp³-hybridized carbons (Fsp3) is 0.455. The summed E-state index contributed by atoms with van der Waals surface area (Å²) in [5.41, 5.74) is 1.21. The van der Waals surface area contributed by atoms with Gasteiger partial charge in [-0.05, 0) is 46.6 Å². The van der Waals surface area contributed by atoms with Crippen LogP contribution in [-0.4, -0.2) is 35.5 Å². The summed E-state index contributed by atoms with van der Waals surface area (Å²) in [6.45, 7) is 7.83. The number of hydrogen-bond acceptors (Lipinski definition) is 6. The lowest BCUT2D eigenvalue weighted by atomic mass is 9.76. The molecule has 0 spiro atoms. The van der Waals surface area contributed by atoms with Crippen molar-refractivity contribution in [3.63, 3.8) is 0 Å². The first-order valence-corrected chi connectivity index (χ1v) is 9.39. The van der Waals surface area contributed by atoms with Gasteiger partial charge in [0.2, 0.25) is 6.79 Å². The van der Waals surface area contributed by atoms with Gasteiger partial charge in [-0.1, -0.05) is 30.3 Å². The van der Waals surface area contributed by atoms with Gasteiger partial charge < -0.3 is 14.6 Å². The number of allylic oxidation sites excluding steroid dienone is 1. The van der Waals surface area contributed by atoms with Gasteiger partial charge in [0.1, 0.15) is 5.92 Å². The van der Waals surface area contributed by atoms with Gasteiger partial charge >= 0.3 is 17.9 Å². The lowest BCUT2D eigenvalue weighted by Crippen LogP contribution is -2.38. The van der Waals surface area contributed by atoms with Crippen LogP contribution in [0.25, 0.3) is 0 Å². The Morgan fingerprint density at radius 2 is 1.69 bits per heavy atom. The van der Waals surface area contributed by atoms with Gasteiger partial charge in [0.25, 0.3) is 0 Å². The zero-order valence-corrected chi connectivity index (χ0v) is 17.4. The van der Waals surface area contributed by atoms with E-state index in [9.17, 15) is 19.5 Å². The van der Waals surface area contributed by atoms with Crippen molar-refractivity contribution in [2.45, 2.75) is 41.0 Å². The molecule has 156 valence electrons. The third-order valence-corrected chi connectivity index (χ3v) is 4.73. The van der Waals surface area contributed by atoms with Crippen molar-refractivity contribution in [1.29, 1.82) is 0 Å². The standard InChI is InChI=1S/C22H27NO6/c1-13-17(19(24)25)16(11-15-9-7-6-8-10-15)18(14(2)23-13)20(26)28-12-29-21(27)22(3,4)5/h6-10,16-17H,11-12H2,1-5H3,(H,24,25). The molecular weight excluding hydrogens is 374 g/mol. The van der Waals surface area contributed by atoms with Crippen LogP contribution in [0.15, 0.2) is 46.6 Å². The van der Waals surface area contributed by atoms with Gasteiger partial charge in [-0.25, -0.2) is 4.79 Å². The molecule has 0 radical (unpaired) electrons. The molecule has 2 atom stereocenters. The van der Waals surface area contributed by atoms with Gasteiger partial charge in [0.05, 0.1) is 11.0 Å². The average Bonchev–Trinajstić information content (AvgIpc) is 2.60. The fourth-order valence-electron chi connectivity index (χ4n) is 3.29. The van der Waals surface area contributed by atoms with E-state index in [0.29, 0.717) is 17.8 Å². The van der Waals surface area contributed by atoms with Crippen LogP contribution in [0.2, 0.25) is 0 Å². The van der Waals surface area contributed by atoms with E-state index in [2.05, 4.69) is 4.99 Å². The molecule has 1 aliphatic rings. The Balaban J connectivity index is 2.26. The second kappa shape index (κ2) is 9.03. The number of hydrogen-bond donors (Lipinski definition) is 1. The average molecular weight is 401 g/mol. The summed E-state index contributed by atoms with van der Waals surface area (Å²) in [6, 6.07) is 9.34. The maximum Gasteiger partial charge on any atom is 0.339 e. The summed E-state index contributed by atoms with van der Waals surface area (Å²) in [6.07, 6.45) is 0.341. The fourth-order valence-corrected chi connectivity index (χ4v) is 3.29. The largest absolute Gasteiger partial charge is 0.481 e. The van der Waals surface area contributed by atoms with Gasteiger partial charge in [-0.3, -0.25) is 14.6 Å². The zero-order valence-electron chi connectivity index (χ0n) is 17.4. The van der Waals surface area contributed by atoms with Gasteiger partial charge in [-0.2, -0.15) is 0 Å². The molecule has 7 nitrogen and oxygen atoms in total. The van der Waals surface area contributed by atoms with E-state index in [1.54, 1.807) is 34.6 Å². The van der Waals surface area contributed by atoms with Crippen LogP contribution in [0.3, 0.4) is 0 Å². The van der Waals surface area contributed by atoms with Crippen LogP contribution in [-0.2, 0) is 30.3 Å². The number of aliphatic imine (C=N–C) groups is 1. The number of nitrogens with zero attached hydrogens (tertiary/aromatic N) is 1. The number of carboxylic acid groups (broad SMARTS) is 1. The van der Waals surface area contributed by atoms with Crippen molar-refractivity contribution in [3.8, 4) is 0 Å². The summed E-state index contributed by atoms with van der Waals surface area (Å²) in [7, 11) is 0. The highest BCUT2D eigenvalue weighted by Gasteiger charge is 2.40. The van der Waals surface area contributed by atoms with Gasteiger partial charge in [0, 0.05) is 17.3 Å². The third-order valence-electron chi connectivity index (χ3n) is 4.73. The molecule has 1 N–H and O–H groups in total. The number of esters is 2. The number of carbonyl (C=O) groups is 3. The first-order valence-electron chi connectivity index (χ1n) is 9.39. The van der Waals surface area contributed by atoms with E-state index in [1.807, 2.05) is 30.3 Å². The van der Waals surface area contributed by atoms with E-state index < -0.39 is 42.0 Å². The lowest BCUT2D eigenvalue weighted by molar-refractivity contribution is -0.171. The Morgan fingerprint density at radius 3 is 2.24 bits per heavy atom. The Kier molecular flexibility index (Phi) is 6.95. The van der Waals surface area contributed by atoms with Crippen LogP contribution in [0, 0.1) is 17.3 Å². The summed E-state index contributed by atoms with van der Waals surface area (Å²) < 4.78 is 10.1. The summed E-state index contributed by atoms with van der Waals surface area (Å²) in [4.78, 5) is 40.8. The van der Waals surface area contributed by atoms with Crippen molar-refractivity contribution >= 4 is 23.6 Å². The van der Waals surface area contributed by atoms with E-state index in [4.69, 9.17) is 9.47 Å². The highest BCUT2D eigenvalue weighted by molar-refractivity contribution is 6.05. The van der Waals surface area contributed by atoms with E-state index >= 15 is 0 Å². The molecule has 1 aliphatic heterocycles. The molecular formula is C22H27NO6. The minimum Gasteiger partial charge on any atom is -0.481 e. The monoisotopic (exact) mass is 401 g/mol. The topological polar surface area (TPSA) is 102 Å². The smallest absolute Gasteiger partial charge is 0.339 e. The van der Waals surface area contributed by atoms with Crippen LogP contribution in [0.5, 0.6) is 0 Å². The minimum atomic E-state index is -1.05. The second-order valence-electron chi connectivity index (χ2n) is 8.10. The summed E-state index contributed by atoms with van der Waals surface area (Å²) in [5, 5.41) is 9.76. The number of carbonyl (C=O) groups excluding carboxylic acids is 2. The Morgan fingerprint density at radius 1 is 1.07 bits per heavy atom.